The molecule has 182 valence electrons. The summed E-state index contributed by atoms with van der Waals surface area (Å²) in [5, 5.41) is 3.05. The van der Waals surface area contributed by atoms with Crippen molar-refractivity contribution in [2.45, 2.75) is 58.5 Å². The number of amides is 1. The number of aryl methyl sites for hydroxylation is 2. The first-order valence-corrected chi connectivity index (χ1v) is 12.4. The van der Waals surface area contributed by atoms with Gasteiger partial charge in [0.05, 0.1) is 24.2 Å². The molecule has 1 aromatic heterocycles. The van der Waals surface area contributed by atoms with E-state index in [9.17, 15) is 4.79 Å². The Balaban J connectivity index is 1.32. The lowest BCUT2D eigenvalue weighted by Gasteiger charge is -2.19. The van der Waals surface area contributed by atoms with Gasteiger partial charge >= 0.3 is 0 Å². The molecule has 0 bridgehead atoms. The van der Waals surface area contributed by atoms with Crippen molar-refractivity contribution < 1.29 is 9.53 Å². The van der Waals surface area contributed by atoms with Gasteiger partial charge in [0, 0.05) is 13.0 Å². The monoisotopic (exact) mass is 469 g/mol. The van der Waals surface area contributed by atoms with Crippen molar-refractivity contribution in [3.63, 3.8) is 0 Å². The zero-order valence-electron chi connectivity index (χ0n) is 21.0. The normalized spacial score (nSPS) is 11.5. The molecular weight excluding hydrogens is 434 g/mol. The molecule has 0 saturated heterocycles. The smallest absolute Gasteiger partial charge is 0.220 e. The van der Waals surface area contributed by atoms with Gasteiger partial charge in [-0.2, -0.15) is 0 Å². The molecule has 5 nitrogen and oxygen atoms in total. The van der Waals surface area contributed by atoms with Crippen LogP contribution in [-0.2, 0) is 29.7 Å². The van der Waals surface area contributed by atoms with Crippen LogP contribution in [0.15, 0.2) is 78.9 Å². The van der Waals surface area contributed by atoms with E-state index in [1.54, 1.807) is 0 Å². The van der Waals surface area contributed by atoms with Gasteiger partial charge in [0.1, 0.15) is 11.6 Å². The Morgan fingerprint density at radius 3 is 2.40 bits per heavy atom. The molecule has 0 radical (unpaired) electrons. The zero-order chi connectivity index (χ0) is 24.7. The molecule has 1 N–H and O–H groups in total. The number of benzene rings is 3. The second-order valence-electron chi connectivity index (χ2n) is 9.91. The van der Waals surface area contributed by atoms with E-state index in [-0.39, 0.29) is 11.3 Å². The summed E-state index contributed by atoms with van der Waals surface area (Å²) in [6.45, 7) is 8.43. The summed E-state index contributed by atoms with van der Waals surface area (Å²) in [5.41, 5.74) is 4.62. The van der Waals surface area contributed by atoms with Gasteiger partial charge in [0.15, 0.2) is 0 Å². The van der Waals surface area contributed by atoms with Gasteiger partial charge in [-0.1, -0.05) is 75.4 Å². The van der Waals surface area contributed by atoms with Gasteiger partial charge in [-0.05, 0) is 53.6 Å². The number of hydrogen-bond acceptors (Lipinski definition) is 3. The number of ether oxygens (including phenoxy) is 1. The van der Waals surface area contributed by atoms with Crippen LogP contribution in [0.25, 0.3) is 11.0 Å². The van der Waals surface area contributed by atoms with E-state index < -0.39 is 0 Å². The molecule has 35 heavy (non-hydrogen) atoms. The Morgan fingerprint density at radius 2 is 1.66 bits per heavy atom. The van der Waals surface area contributed by atoms with Crippen molar-refractivity contribution >= 4 is 16.9 Å². The Morgan fingerprint density at radius 1 is 0.943 bits per heavy atom. The number of rotatable bonds is 10. The molecule has 1 heterocycles. The standard InChI is InChI=1S/C30H35N3O2/c1-30(2,3)24-15-17-25(18-16-24)35-21-9-20-33-27-13-8-7-12-26(27)32-28(33)22-31-29(34)19-14-23-10-5-4-6-11-23/h4-8,10-13,15-18H,9,14,19-22H2,1-3H3,(H,31,34). The van der Waals surface area contributed by atoms with Gasteiger partial charge in [0.25, 0.3) is 0 Å². The lowest BCUT2D eigenvalue weighted by atomic mass is 9.87. The summed E-state index contributed by atoms with van der Waals surface area (Å²) >= 11 is 0. The number of para-hydroxylation sites is 2. The summed E-state index contributed by atoms with van der Waals surface area (Å²) in [5.74, 6) is 1.79. The maximum atomic E-state index is 12.5. The van der Waals surface area contributed by atoms with Gasteiger partial charge < -0.3 is 14.6 Å². The molecule has 0 spiro atoms. The van der Waals surface area contributed by atoms with E-state index in [0.29, 0.717) is 19.6 Å². The second kappa shape index (κ2) is 11.2. The third kappa shape index (κ3) is 6.72. The molecule has 0 fully saturated rings. The van der Waals surface area contributed by atoms with Crippen LogP contribution >= 0.6 is 0 Å². The van der Waals surface area contributed by atoms with Crippen LogP contribution in [0, 0.1) is 0 Å². The Labute approximate surface area is 208 Å². The quantitative estimate of drug-likeness (QED) is 0.288. The Hall–Kier alpha value is -3.60. The molecule has 0 saturated carbocycles. The average Bonchev–Trinajstić information content (AvgIpc) is 3.22. The SMILES string of the molecule is CC(C)(C)c1ccc(OCCCn2c(CNC(=O)CCc3ccccc3)nc3ccccc32)cc1. The number of hydrogen-bond donors (Lipinski definition) is 1. The van der Waals surface area contributed by atoms with Gasteiger partial charge in [-0.3, -0.25) is 4.79 Å². The molecule has 0 atom stereocenters. The molecule has 3 aromatic carbocycles. The van der Waals surface area contributed by atoms with Crippen LogP contribution in [0.1, 0.15) is 50.6 Å². The molecule has 4 rings (SSSR count). The Kier molecular flexibility index (Phi) is 7.86. The minimum absolute atomic E-state index is 0.0366. The fourth-order valence-electron chi connectivity index (χ4n) is 4.14. The number of carbonyl (C=O) groups is 1. The molecule has 0 aliphatic rings. The maximum Gasteiger partial charge on any atom is 0.220 e. The van der Waals surface area contributed by atoms with Crippen LogP contribution in [-0.4, -0.2) is 22.1 Å². The minimum atomic E-state index is 0.0366. The van der Waals surface area contributed by atoms with E-state index in [4.69, 9.17) is 9.72 Å². The van der Waals surface area contributed by atoms with Crippen molar-refractivity contribution in [2.24, 2.45) is 0 Å². The molecule has 5 heteroatoms. The van der Waals surface area contributed by atoms with E-state index in [0.717, 1.165) is 42.0 Å². The van der Waals surface area contributed by atoms with Crippen LogP contribution in [0.5, 0.6) is 5.75 Å². The van der Waals surface area contributed by atoms with Crippen molar-refractivity contribution in [2.75, 3.05) is 6.61 Å². The number of fused-ring (bicyclic) bond motifs is 1. The summed E-state index contributed by atoms with van der Waals surface area (Å²) in [4.78, 5) is 17.2. The van der Waals surface area contributed by atoms with Crippen molar-refractivity contribution in [3.05, 3.63) is 95.8 Å². The highest BCUT2D eigenvalue weighted by molar-refractivity contribution is 5.77. The van der Waals surface area contributed by atoms with Crippen molar-refractivity contribution in [1.29, 1.82) is 0 Å². The maximum absolute atomic E-state index is 12.5. The lowest BCUT2D eigenvalue weighted by Crippen LogP contribution is -2.25. The number of nitrogens with zero attached hydrogens (tertiary/aromatic N) is 2. The van der Waals surface area contributed by atoms with Crippen molar-refractivity contribution in [1.82, 2.24) is 14.9 Å². The Bertz CT molecular complexity index is 1240. The summed E-state index contributed by atoms with van der Waals surface area (Å²) in [7, 11) is 0. The largest absolute Gasteiger partial charge is 0.494 e. The van der Waals surface area contributed by atoms with Gasteiger partial charge in [0.2, 0.25) is 5.91 Å². The first-order valence-electron chi connectivity index (χ1n) is 12.4. The highest BCUT2D eigenvalue weighted by atomic mass is 16.5. The first kappa shape index (κ1) is 24.5. The first-order chi connectivity index (χ1) is 16.9. The molecule has 0 unspecified atom stereocenters. The van der Waals surface area contributed by atoms with E-state index >= 15 is 0 Å². The molecule has 4 aromatic rings. The predicted octanol–water partition coefficient (Wildman–Crippen LogP) is 6.05. The third-order valence-corrected chi connectivity index (χ3v) is 6.18. The predicted molar refractivity (Wildman–Crippen MR) is 142 cm³/mol. The minimum Gasteiger partial charge on any atom is -0.494 e. The van der Waals surface area contributed by atoms with Crippen molar-refractivity contribution in [3.8, 4) is 5.75 Å². The second-order valence-corrected chi connectivity index (χ2v) is 9.91. The summed E-state index contributed by atoms with van der Waals surface area (Å²) < 4.78 is 8.19. The number of carbonyl (C=O) groups excluding carboxylic acids is 1. The van der Waals surface area contributed by atoms with E-state index in [1.165, 1.54) is 11.1 Å². The molecule has 0 aliphatic heterocycles. The van der Waals surface area contributed by atoms with E-state index in [1.807, 2.05) is 60.7 Å². The third-order valence-electron chi connectivity index (χ3n) is 6.18. The lowest BCUT2D eigenvalue weighted by molar-refractivity contribution is -0.121. The fourth-order valence-corrected chi connectivity index (χ4v) is 4.14. The van der Waals surface area contributed by atoms with Gasteiger partial charge in [-0.25, -0.2) is 4.98 Å². The fraction of sp³-hybridized carbons (Fsp3) is 0.333. The summed E-state index contributed by atoms with van der Waals surface area (Å²) in [6.07, 6.45) is 2.04. The number of imidazole rings is 1. The van der Waals surface area contributed by atoms with E-state index in [2.05, 4.69) is 48.9 Å². The summed E-state index contributed by atoms with van der Waals surface area (Å²) in [6, 6.07) is 26.6. The van der Waals surface area contributed by atoms with Crippen LogP contribution in [0.3, 0.4) is 0 Å². The number of aromatic nitrogens is 2. The van der Waals surface area contributed by atoms with Crippen LogP contribution in [0.2, 0.25) is 0 Å². The molecular formula is C30H35N3O2. The molecule has 1 amide bonds. The molecule has 0 aliphatic carbocycles. The van der Waals surface area contributed by atoms with Gasteiger partial charge in [-0.15, -0.1) is 0 Å². The highest BCUT2D eigenvalue weighted by Gasteiger charge is 2.14. The zero-order valence-corrected chi connectivity index (χ0v) is 21.0. The van der Waals surface area contributed by atoms with Crippen LogP contribution in [0.4, 0.5) is 0 Å². The van der Waals surface area contributed by atoms with Crippen LogP contribution < -0.4 is 10.1 Å². The number of nitrogens with one attached hydrogen (secondary N) is 1. The topological polar surface area (TPSA) is 56.1 Å². The highest BCUT2D eigenvalue weighted by Crippen LogP contribution is 2.24. The average molecular weight is 470 g/mol.